The van der Waals surface area contributed by atoms with Crippen molar-refractivity contribution < 1.29 is 4.79 Å². The summed E-state index contributed by atoms with van der Waals surface area (Å²) in [6.45, 7) is 1.27. The smallest absolute Gasteiger partial charge is 0.273 e. The minimum atomic E-state index is 0.0559. The van der Waals surface area contributed by atoms with Crippen LogP contribution in [0.3, 0.4) is 0 Å². The standard InChI is InChI=1S/C14H17N3OS2/c15-6-5-13-16-12(9-20-13)14(18)17(10-3-4-10)8-11-2-1-7-19-11/h1-2,7,9-10H,3-6,8,15H2. The molecule has 2 aromatic rings. The van der Waals surface area contributed by atoms with Gasteiger partial charge in [-0.1, -0.05) is 6.07 Å². The third kappa shape index (κ3) is 3.08. The second-order valence-corrected chi connectivity index (χ2v) is 6.88. The van der Waals surface area contributed by atoms with Crippen LogP contribution >= 0.6 is 22.7 Å². The van der Waals surface area contributed by atoms with Crippen LogP contribution in [-0.2, 0) is 13.0 Å². The largest absolute Gasteiger partial charge is 0.330 e. The van der Waals surface area contributed by atoms with E-state index in [0.717, 1.165) is 24.3 Å². The predicted molar refractivity (Wildman–Crippen MR) is 82.1 cm³/mol. The highest BCUT2D eigenvalue weighted by atomic mass is 32.1. The van der Waals surface area contributed by atoms with Gasteiger partial charge in [-0.2, -0.15) is 0 Å². The molecule has 0 atom stereocenters. The summed E-state index contributed by atoms with van der Waals surface area (Å²) in [6, 6.07) is 4.50. The number of nitrogens with zero attached hydrogens (tertiary/aromatic N) is 2. The Morgan fingerprint density at radius 1 is 1.45 bits per heavy atom. The topological polar surface area (TPSA) is 59.2 Å². The molecule has 106 valence electrons. The molecule has 0 unspecified atom stereocenters. The molecule has 20 heavy (non-hydrogen) atoms. The van der Waals surface area contributed by atoms with E-state index >= 15 is 0 Å². The van der Waals surface area contributed by atoms with Gasteiger partial charge in [-0.3, -0.25) is 4.79 Å². The Morgan fingerprint density at radius 3 is 2.95 bits per heavy atom. The molecular weight excluding hydrogens is 290 g/mol. The third-order valence-electron chi connectivity index (χ3n) is 3.28. The fourth-order valence-electron chi connectivity index (χ4n) is 2.12. The quantitative estimate of drug-likeness (QED) is 0.892. The summed E-state index contributed by atoms with van der Waals surface area (Å²) >= 11 is 3.22. The molecule has 2 heterocycles. The number of rotatable bonds is 6. The monoisotopic (exact) mass is 307 g/mol. The van der Waals surface area contributed by atoms with E-state index in [1.807, 2.05) is 21.7 Å². The zero-order valence-corrected chi connectivity index (χ0v) is 12.8. The number of aromatic nitrogens is 1. The van der Waals surface area contributed by atoms with Gasteiger partial charge in [-0.25, -0.2) is 4.98 Å². The number of carbonyl (C=O) groups excluding carboxylic acids is 1. The number of thiophene rings is 1. The van der Waals surface area contributed by atoms with E-state index < -0.39 is 0 Å². The van der Waals surface area contributed by atoms with Gasteiger partial charge in [0.1, 0.15) is 5.69 Å². The lowest BCUT2D eigenvalue weighted by molar-refractivity contribution is 0.0726. The van der Waals surface area contributed by atoms with Gasteiger partial charge < -0.3 is 10.6 Å². The lowest BCUT2D eigenvalue weighted by Gasteiger charge is -2.20. The second-order valence-electron chi connectivity index (χ2n) is 4.91. The molecule has 2 N–H and O–H groups in total. The van der Waals surface area contributed by atoms with Crippen LogP contribution in [0.15, 0.2) is 22.9 Å². The van der Waals surface area contributed by atoms with Crippen LogP contribution in [0.2, 0.25) is 0 Å². The summed E-state index contributed by atoms with van der Waals surface area (Å²) < 4.78 is 0. The van der Waals surface area contributed by atoms with Gasteiger partial charge in [0.05, 0.1) is 11.6 Å². The van der Waals surface area contributed by atoms with Crippen molar-refractivity contribution in [2.75, 3.05) is 6.54 Å². The SMILES string of the molecule is NCCc1nc(C(=O)N(Cc2cccs2)C2CC2)cs1. The number of nitrogens with two attached hydrogens (primary N) is 1. The average molecular weight is 307 g/mol. The summed E-state index contributed by atoms with van der Waals surface area (Å²) in [7, 11) is 0. The second kappa shape index (κ2) is 6.03. The zero-order valence-electron chi connectivity index (χ0n) is 11.1. The van der Waals surface area contributed by atoms with E-state index in [0.29, 0.717) is 24.8 Å². The summed E-state index contributed by atoms with van der Waals surface area (Å²) in [4.78, 5) is 20.2. The lowest BCUT2D eigenvalue weighted by atomic mass is 10.3. The summed E-state index contributed by atoms with van der Waals surface area (Å²) in [5.41, 5.74) is 6.10. The minimum Gasteiger partial charge on any atom is -0.330 e. The molecule has 0 spiro atoms. The van der Waals surface area contributed by atoms with Gasteiger partial charge in [0.25, 0.3) is 5.91 Å². The molecule has 1 amide bonds. The van der Waals surface area contributed by atoms with Crippen molar-refractivity contribution in [2.45, 2.75) is 31.8 Å². The van der Waals surface area contributed by atoms with Crippen molar-refractivity contribution in [1.29, 1.82) is 0 Å². The number of hydrogen-bond acceptors (Lipinski definition) is 5. The van der Waals surface area contributed by atoms with E-state index in [1.165, 1.54) is 16.2 Å². The number of hydrogen-bond donors (Lipinski definition) is 1. The Kier molecular flexibility index (Phi) is 4.14. The van der Waals surface area contributed by atoms with E-state index in [9.17, 15) is 4.79 Å². The summed E-state index contributed by atoms with van der Waals surface area (Å²) in [5.74, 6) is 0.0559. The van der Waals surface area contributed by atoms with Crippen LogP contribution in [0.4, 0.5) is 0 Å². The predicted octanol–water partition coefficient (Wildman–Crippen LogP) is 2.51. The van der Waals surface area contributed by atoms with Gasteiger partial charge in [0.2, 0.25) is 0 Å². The van der Waals surface area contributed by atoms with Gasteiger partial charge in [-0.15, -0.1) is 22.7 Å². The first-order valence-electron chi connectivity index (χ1n) is 6.75. The van der Waals surface area contributed by atoms with Crippen molar-refractivity contribution in [2.24, 2.45) is 5.73 Å². The molecule has 4 nitrogen and oxygen atoms in total. The maximum absolute atomic E-state index is 12.6. The van der Waals surface area contributed by atoms with E-state index in [4.69, 9.17) is 5.73 Å². The normalized spacial score (nSPS) is 14.4. The van der Waals surface area contributed by atoms with Crippen LogP contribution < -0.4 is 5.73 Å². The maximum atomic E-state index is 12.6. The molecule has 1 saturated carbocycles. The number of thiazole rings is 1. The molecule has 2 aromatic heterocycles. The molecule has 1 fully saturated rings. The number of carbonyl (C=O) groups is 1. The third-order valence-corrected chi connectivity index (χ3v) is 5.05. The van der Waals surface area contributed by atoms with Crippen molar-refractivity contribution in [3.63, 3.8) is 0 Å². The maximum Gasteiger partial charge on any atom is 0.273 e. The van der Waals surface area contributed by atoms with Crippen molar-refractivity contribution >= 4 is 28.6 Å². The molecule has 0 aromatic carbocycles. The molecule has 0 bridgehead atoms. The highest BCUT2D eigenvalue weighted by molar-refractivity contribution is 7.10. The Bertz CT molecular complexity index is 575. The first kappa shape index (κ1) is 13.7. The zero-order chi connectivity index (χ0) is 13.9. The number of amides is 1. The molecule has 1 aliphatic carbocycles. The fourth-order valence-corrected chi connectivity index (χ4v) is 3.61. The molecule has 0 saturated heterocycles. The van der Waals surface area contributed by atoms with Crippen LogP contribution in [0.5, 0.6) is 0 Å². The highest BCUT2D eigenvalue weighted by Gasteiger charge is 2.34. The van der Waals surface area contributed by atoms with Gasteiger partial charge >= 0.3 is 0 Å². The molecule has 3 rings (SSSR count). The van der Waals surface area contributed by atoms with Crippen LogP contribution in [0.1, 0.15) is 33.2 Å². The Balaban J connectivity index is 1.74. The molecule has 1 aliphatic rings. The van der Waals surface area contributed by atoms with E-state index in [1.54, 1.807) is 11.3 Å². The van der Waals surface area contributed by atoms with E-state index in [-0.39, 0.29) is 5.91 Å². The molecule has 0 aliphatic heterocycles. The van der Waals surface area contributed by atoms with Gasteiger partial charge in [-0.05, 0) is 30.8 Å². The Hall–Kier alpha value is -1.24. The van der Waals surface area contributed by atoms with Crippen molar-refractivity contribution in [1.82, 2.24) is 9.88 Å². The minimum absolute atomic E-state index is 0.0559. The summed E-state index contributed by atoms with van der Waals surface area (Å²) in [5, 5.41) is 4.85. The first-order valence-corrected chi connectivity index (χ1v) is 8.51. The van der Waals surface area contributed by atoms with Crippen molar-refractivity contribution in [3.8, 4) is 0 Å². The first-order chi connectivity index (χ1) is 9.78. The Labute approximate surface area is 126 Å². The molecular formula is C14H17N3OS2. The summed E-state index contributed by atoms with van der Waals surface area (Å²) in [6.07, 6.45) is 2.96. The molecule has 0 radical (unpaired) electrons. The van der Waals surface area contributed by atoms with Crippen LogP contribution in [0, 0.1) is 0 Å². The van der Waals surface area contributed by atoms with Crippen molar-refractivity contribution in [3.05, 3.63) is 38.5 Å². The van der Waals surface area contributed by atoms with E-state index in [2.05, 4.69) is 11.1 Å². The van der Waals surface area contributed by atoms with Gasteiger partial charge in [0, 0.05) is 22.7 Å². The molecule has 6 heteroatoms. The fraction of sp³-hybridized carbons (Fsp3) is 0.429. The lowest BCUT2D eigenvalue weighted by Crippen LogP contribution is -2.32. The Morgan fingerprint density at radius 2 is 2.30 bits per heavy atom. The van der Waals surface area contributed by atoms with Gasteiger partial charge in [0.15, 0.2) is 0 Å². The highest BCUT2D eigenvalue weighted by Crippen LogP contribution is 2.30. The van der Waals surface area contributed by atoms with Crippen LogP contribution in [0.25, 0.3) is 0 Å². The van der Waals surface area contributed by atoms with Crippen LogP contribution in [-0.4, -0.2) is 28.4 Å². The average Bonchev–Trinajstić information content (AvgIpc) is 2.97.